The van der Waals surface area contributed by atoms with E-state index in [4.69, 9.17) is 9.84 Å². The van der Waals surface area contributed by atoms with Gasteiger partial charge in [0, 0.05) is 19.0 Å². The lowest BCUT2D eigenvalue weighted by molar-refractivity contribution is -0.155. The standard InChI is InChI=1S/C28H32N2O5/c1-2-30(15-12-24(31)32)25(33)28(17-27(18-28)13-7-14-27)29-26(34)35-16-23-21-10-5-3-8-19(21)20-9-4-6-11-22(20)23/h3-6,8-11,23H,2,7,12-18H2,1H3,(H,29,34)(H,31,32). The molecule has 1 spiro atoms. The van der Waals surface area contributed by atoms with E-state index >= 15 is 0 Å². The monoisotopic (exact) mass is 476 g/mol. The van der Waals surface area contributed by atoms with E-state index in [0.717, 1.165) is 41.5 Å². The molecule has 0 radical (unpaired) electrons. The van der Waals surface area contributed by atoms with Crippen LogP contribution in [0.2, 0.25) is 0 Å². The summed E-state index contributed by atoms with van der Waals surface area (Å²) in [7, 11) is 0. The molecule has 7 nitrogen and oxygen atoms in total. The second kappa shape index (κ2) is 9.02. The highest BCUT2D eigenvalue weighted by atomic mass is 16.5. The molecule has 2 aromatic carbocycles. The minimum atomic E-state index is -1.02. The predicted molar refractivity (Wildman–Crippen MR) is 131 cm³/mol. The molecule has 0 heterocycles. The van der Waals surface area contributed by atoms with Gasteiger partial charge >= 0.3 is 12.1 Å². The van der Waals surface area contributed by atoms with Crippen molar-refractivity contribution in [2.75, 3.05) is 19.7 Å². The van der Waals surface area contributed by atoms with E-state index in [9.17, 15) is 14.4 Å². The normalized spacial score (nSPS) is 18.5. The topological polar surface area (TPSA) is 95.9 Å². The summed E-state index contributed by atoms with van der Waals surface area (Å²) in [5, 5.41) is 12.0. The van der Waals surface area contributed by atoms with Gasteiger partial charge in [0.15, 0.2) is 0 Å². The van der Waals surface area contributed by atoms with Crippen molar-refractivity contribution in [1.82, 2.24) is 10.2 Å². The second-order valence-corrected chi connectivity index (χ2v) is 10.3. The SMILES string of the molecule is CCN(CCC(=O)O)C(=O)C1(NC(=O)OCC2c3ccccc3-c3ccccc32)CC2(CCC2)C1. The zero-order valence-corrected chi connectivity index (χ0v) is 20.1. The number of hydrogen-bond acceptors (Lipinski definition) is 4. The van der Waals surface area contributed by atoms with Gasteiger partial charge < -0.3 is 20.1 Å². The van der Waals surface area contributed by atoms with Crippen molar-refractivity contribution in [2.24, 2.45) is 5.41 Å². The number of nitrogens with one attached hydrogen (secondary N) is 1. The first kappa shape index (κ1) is 23.4. The molecular formula is C28H32N2O5. The number of nitrogens with zero attached hydrogens (tertiary/aromatic N) is 1. The summed E-state index contributed by atoms with van der Waals surface area (Å²) < 4.78 is 5.74. The van der Waals surface area contributed by atoms with Gasteiger partial charge in [-0.3, -0.25) is 9.59 Å². The van der Waals surface area contributed by atoms with Gasteiger partial charge in [-0.05, 0) is 60.3 Å². The molecule has 35 heavy (non-hydrogen) atoms. The molecule has 3 aliphatic carbocycles. The molecule has 2 N–H and O–H groups in total. The lowest BCUT2D eigenvalue weighted by atomic mass is 9.48. The summed E-state index contributed by atoms with van der Waals surface area (Å²) in [6.07, 6.45) is 3.74. The lowest BCUT2D eigenvalue weighted by Crippen LogP contribution is -2.71. The Kier molecular flexibility index (Phi) is 6.03. The largest absolute Gasteiger partial charge is 0.481 e. The van der Waals surface area contributed by atoms with Crippen LogP contribution < -0.4 is 5.32 Å². The zero-order chi connectivity index (χ0) is 24.6. The number of hydrogen-bond donors (Lipinski definition) is 2. The molecule has 0 unspecified atom stereocenters. The number of rotatable bonds is 8. The minimum absolute atomic E-state index is 0.0538. The molecule has 0 atom stereocenters. The van der Waals surface area contributed by atoms with Crippen LogP contribution in [0.15, 0.2) is 48.5 Å². The van der Waals surface area contributed by atoms with Crippen molar-refractivity contribution in [1.29, 1.82) is 0 Å². The Morgan fingerprint density at radius 3 is 2.14 bits per heavy atom. The van der Waals surface area contributed by atoms with E-state index in [-0.39, 0.29) is 36.8 Å². The number of aliphatic carboxylic acids is 1. The number of ether oxygens (including phenoxy) is 1. The van der Waals surface area contributed by atoms with Crippen LogP contribution in [-0.2, 0) is 14.3 Å². The van der Waals surface area contributed by atoms with Crippen LogP contribution in [0.5, 0.6) is 0 Å². The quantitative estimate of drug-likeness (QED) is 0.583. The third-order valence-electron chi connectivity index (χ3n) is 8.13. The van der Waals surface area contributed by atoms with Crippen molar-refractivity contribution in [2.45, 2.75) is 56.9 Å². The molecule has 2 fully saturated rings. The maximum absolute atomic E-state index is 13.5. The molecule has 7 heteroatoms. The Morgan fingerprint density at radius 1 is 1.03 bits per heavy atom. The third kappa shape index (κ3) is 4.17. The number of carboxylic acid groups (broad SMARTS) is 1. The van der Waals surface area contributed by atoms with Crippen molar-refractivity contribution in [3.63, 3.8) is 0 Å². The Hall–Kier alpha value is -3.35. The van der Waals surface area contributed by atoms with E-state index < -0.39 is 17.6 Å². The summed E-state index contributed by atoms with van der Waals surface area (Å²) in [5.74, 6) is -1.20. The lowest BCUT2D eigenvalue weighted by Gasteiger charge is -2.60. The second-order valence-electron chi connectivity index (χ2n) is 10.3. The van der Waals surface area contributed by atoms with Crippen LogP contribution >= 0.6 is 0 Å². The Balaban J connectivity index is 1.29. The molecule has 0 saturated heterocycles. The first-order chi connectivity index (χ1) is 16.9. The van der Waals surface area contributed by atoms with Crippen LogP contribution in [-0.4, -0.2) is 53.2 Å². The Morgan fingerprint density at radius 2 is 1.63 bits per heavy atom. The predicted octanol–water partition coefficient (Wildman–Crippen LogP) is 4.55. The first-order valence-electron chi connectivity index (χ1n) is 12.5. The number of amides is 2. The van der Waals surface area contributed by atoms with E-state index in [1.807, 2.05) is 31.2 Å². The minimum Gasteiger partial charge on any atom is -0.481 e. The smallest absolute Gasteiger partial charge is 0.408 e. The summed E-state index contributed by atoms with van der Waals surface area (Å²) in [6, 6.07) is 16.3. The van der Waals surface area contributed by atoms with Crippen molar-refractivity contribution in [3.05, 3.63) is 59.7 Å². The molecule has 0 bridgehead atoms. The van der Waals surface area contributed by atoms with Gasteiger partial charge in [0.2, 0.25) is 5.91 Å². The molecular weight excluding hydrogens is 444 g/mol. The van der Waals surface area contributed by atoms with Crippen LogP contribution in [0.1, 0.15) is 62.5 Å². The van der Waals surface area contributed by atoms with Gasteiger partial charge in [0.05, 0.1) is 6.42 Å². The number of carbonyl (C=O) groups is 3. The van der Waals surface area contributed by atoms with Gasteiger partial charge in [-0.2, -0.15) is 0 Å². The fourth-order valence-electron chi connectivity index (χ4n) is 6.32. The molecule has 5 rings (SSSR count). The zero-order valence-electron chi connectivity index (χ0n) is 20.1. The highest BCUT2D eigenvalue weighted by Gasteiger charge is 2.62. The number of carbonyl (C=O) groups excluding carboxylic acids is 2. The van der Waals surface area contributed by atoms with Gasteiger partial charge in [0.1, 0.15) is 12.1 Å². The summed E-state index contributed by atoms with van der Waals surface area (Å²) >= 11 is 0. The van der Waals surface area contributed by atoms with Crippen LogP contribution in [0.3, 0.4) is 0 Å². The molecule has 0 aromatic heterocycles. The summed E-state index contributed by atoms with van der Waals surface area (Å²) in [5.41, 5.74) is 3.69. The number of fused-ring (bicyclic) bond motifs is 3. The third-order valence-corrected chi connectivity index (χ3v) is 8.13. The van der Waals surface area contributed by atoms with Gasteiger partial charge in [0.25, 0.3) is 0 Å². The molecule has 3 aliphatic rings. The fourth-order valence-corrected chi connectivity index (χ4v) is 6.32. The molecule has 0 aliphatic heterocycles. The maximum Gasteiger partial charge on any atom is 0.408 e. The van der Waals surface area contributed by atoms with E-state index in [1.165, 1.54) is 0 Å². The summed E-state index contributed by atoms with van der Waals surface area (Å²) in [6.45, 7) is 2.54. The average molecular weight is 477 g/mol. The number of likely N-dealkylation sites (N-methyl/N-ethyl adjacent to an activating group) is 1. The number of benzene rings is 2. The molecule has 2 aromatic rings. The first-order valence-corrected chi connectivity index (χ1v) is 12.5. The van der Waals surface area contributed by atoms with Crippen LogP contribution in [0, 0.1) is 5.41 Å². The molecule has 2 amide bonds. The molecule has 184 valence electrons. The van der Waals surface area contributed by atoms with Crippen LogP contribution in [0.25, 0.3) is 11.1 Å². The highest BCUT2D eigenvalue weighted by Crippen LogP contribution is 2.61. The average Bonchev–Trinajstić information content (AvgIpc) is 3.12. The highest BCUT2D eigenvalue weighted by molar-refractivity contribution is 5.92. The van der Waals surface area contributed by atoms with Gasteiger partial charge in [-0.1, -0.05) is 55.0 Å². The van der Waals surface area contributed by atoms with Gasteiger partial charge in [-0.25, -0.2) is 4.79 Å². The maximum atomic E-state index is 13.5. The van der Waals surface area contributed by atoms with Crippen LogP contribution in [0.4, 0.5) is 4.79 Å². The fraction of sp³-hybridized carbons (Fsp3) is 0.464. The van der Waals surface area contributed by atoms with Crippen molar-refractivity contribution in [3.8, 4) is 11.1 Å². The number of carboxylic acids is 1. The van der Waals surface area contributed by atoms with E-state index in [2.05, 4.69) is 29.6 Å². The summed E-state index contributed by atoms with van der Waals surface area (Å²) in [4.78, 5) is 39.2. The Bertz CT molecular complexity index is 1100. The van der Waals surface area contributed by atoms with E-state index in [1.54, 1.807) is 4.90 Å². The molecule has 2 saturated carbocycles. The van der Waals surface area contributed by atoms with Gasteiger partial charge in [-0.15, -0.1) is 0 Å². The van der Waals surface area contributed by atoms with E-state index in [0.29, 0.717) is 19.4 Å². The van der Waals surface area contributed by atoms with Crippen molar-refractivity contribution >= 4 is 18.0 Å². The Labute approximate surface area is 205 Å². The van der Waals surface area contributed by atoms with Crippen molar-refractivity contribution < 1.29 is 24.2 Å². The number of alkyl carbamates (subject to hydrolysis) is 1.